The largest absolute Gasteiger partial charge is 0.392 e. The first kappa shape index (κ1) is 24.5. The zero-order chi connectivity index (χ0) is 21.5. The molecule has 3 heteroatoms. The Morgan fingerprint density at radius 1 is 1.07 bits per heavy atom. The Hall–Kier alpha value is -2.55. The third kappa shape index (κ3) is 8.99. The van der Waals surface area contributed by atoms with E-state index in [1.165, 1.54) is 36.8 Å². The number of rotatable bonds is 11. The van der Waals surface area contributed by atoms with E-state index in [0.717, 1.165) is 35.6 Å². The van der Waals surface area contributed by atoms with Crippen LogP contribution in [0.25, 0.3) is 17.3 Å². The number of aryl methyl sites for hydroxylation is 1. The van der Waals surface area contributed by atoms with E-state index in [1.807, 2.05) is 34.0 Å². The van der Waals surface area contributed by atoms with Gasteiger partial charge in [-0.3, -0.25) is 4.98 Å². The van der Waals surface area contributed by atoms with Crippen molar-refractivity contribution in [3.63, 3.8) is 0 Å². The molecule has 29 heavy (non-hydrogen) atoms. The van der Waals surface area contributed by atoms with Gasteiger partial charge in [-0.05, 0) is 62.4 Å². The highest BCUT2D eigenvalue weighted by atomic mass is 14.9. The predicted octanol–water partition coefficient (Wildman–Crippen LogP) is 7.21. The van der Waals surface area contributed by atoms with Crippen LogP contribution in [-0.4, -0.2) is 18.6 Å². The first-order chi connectivity index (χ1) is 14.1. The average molecular weight is 394 g/mol. The van der Waals surface area contributed by atoms with Gasteiger partial charge in [0.25, 0.3) is 0 Å². The second-order valence-electron chi connectivity index (χ2n) is 6.95. The van der Waals surface area contributed by atoms with Gasteiger partial charge in [-0.2, -0.15) is 0 Å². The van der Waals surface area contributed by atoms with Crippen LogP contribution in [0.3, 0.4) is 0 Å². The van der Waals surface area contributed by atoms with E-state index in [9.17, 15) is 0 Å². The van der Waals surface area contributed by atoms with Crippen molar-refractivity contribution in [3.05, 3.63) is 66.0 Å². The lowest BCUT2D eigenvalue weighted by atomic mass is 10.0. The van der Waals surface area contributed by atoms with E-state index in [4.69, 9.17) is 0 Å². The van der Waals surface area contributed by atoms with Gasteiger partial charge in [0.2, 0.25) is 0 Å². The Bertz CT molecular complexity index is 745. The number of benzene rings is 1. The monoisotopic (exact) mass is 393 g/mol. The second kappa shape index (κ2) is 14.4. The fraction of sp³-hybridized carbons (Fsp3) is 0.423. The average Bonchev–Trinajstić information content (AvgIpc) is 2.76. The van der Waals surface area contributed by atoms with Crippen LogP contribution in [0.4, 0.5) is 5.69 Å². The molecule has 1 aromatic carbocycles. The van der Waals surface area contributed by atoms with Crippen LogP contribution in [0.2, 0.25) is 0 Å². The molecule has 0 atom stereocenters. The van der Waals surface area contributed by atoms with Gasteiger partial charge in [0.1, 0.15) is 0 Å². The van der Waals surface area contributed by atoms with E-state index < -0.39 is 0 Å². The number of hydrogen-bond acceptors (Lipinski definition) is 3. The first-order valence-corrected chi connectivity index (χ1v) is 10.9. The van der Waals surface area contributed by atoms with Gasteiger partial charge in [0.05, 0.1) is 17.6 Å². The number of nitrogens with zero attached hydrogens (tertiary/aromatic N) is 1. The van der Waals surface area contributed by atoms with Crippen molar-refractivity contribution >= 4 is 11.8 Å². The van der Waals surface area contributed by atoms with Gasteiger partial charge in [0, 0.05) is 24.9 Å². The van der Waals surface area contributed by atoms with Gasteiger partial charge in [-0.25, -0.2) is 0 Å². The summed E-state index contributed by atoms with van der Waals surface area (Å²) >= 11 is 0. The number of anilines is 1. The minimum absolute atomic E-state index is 0.991. The minimum Gasteiger partial charge on any atom is -0.392 e. The molecule has 0 unspecified atom stereocenters. The van der Waals surface area contributed by atoms with Crippen LogP contribution in [0.5, 0.6) is 0 Å². The summed E-state index contributed by atoms with van der Waals surface area (Å²) in [5.74, 6) is 0. The summed E-state index contributed by atoms with van der Waals surface area (Å²) in [6.45, 7) is 13.1. The maximum absolute atomic E-state index is 4.63. The molecule has 0 amide bonds. The third-order valence-corrected chi connectivity index (χ3v) is 4.76. The highest BCUT2D eigenvalue weighted by Gasteiger charge is 2.02. The Morgan fingerprint density at radius 2 is 1.83 bits per heavy atom. The fourth-order valence-corrected chi connectivity index (χ4v) is 3.05. The molecule has 0 bridgehead atoms. The molecule has 0 aliphatic rings. The van der Waals surface area contributed by atoms with Crippen LogP contribution in [0.1, 0.15) is 64.0 Å². The molecule has 3 nitrogen and oxygen atoms in total. The Morgan fingerprint density at radius 3 is 2.45 bits per heavy atom. The molecule has 1 aromatic heterocycles. The van der Waals surface area contributed by atoms with Crippen LogP contribution in [0.15, 0.2) is 54.9 Å². The first-order valence-electron chi connectivity index (χ1n) is 10.9. The maximum Gasteiger partial charge on any atom is 0.0703 e. The Kier molecular flexibility index (Phi) is 12.2. The molecule has 0 fully saturated rings. The molecular weight excluding hydrogens is 354 g/mol. The van der Waals surface area contributed by atoms with Crippen LogP contribution >= 0.6 is 0 Å². The number of unbranched alkanes of at least 4 members (excludes halogenated alkanes) is 3. The van der Waals surface area contributed by atoms with Crippen molar-refractivity contribution < 1.29 is 0 Å². The molecule has 158 valence electrons. The smallest absolute Gasteiger partial charge is 0.0703 e. The zero-order valence-corrected chi connectivity index (χ0v) is 19.0. The summed E-state index contributed by atoms with van der Waals surface area (Å²) in [5, 5.41) is 6.57. The zero-order valence-electron chi connectivity index (χ0n) is 19.0. The van der Waals surface area contributed by atoms with Crippen molar-refractivity contribution in [2.45, 2.75) is 59.8 Å². The van der Waals surface area contributed by atoms with Gasteiger partial charge >= 0.3 is 0 Å². The SMILES string of the molecule is C=C(CCCCCCNc1ccc(-c2ccc(/C=C\C)c(C)c2)nc1)NC.CC. The van der Waals surface area contributed by atoms with Gasteiger partial charge < -0.3 is 10.6 Å². The van der Waals surface area contributed by atoms with Crippen LogP contribution in [0, 0.1) is 6.92 Å². The van der Waals surface area contributed by atoms with E-state index in [1.54, 1.807) is 0 Å². The van der Waals surface area contributed by atoms with Gasteiger partial charge in [-0.1, -0.05) is 57.6 Å². The summed E-state index contributed by atoms with van der Waals surface area (Å²) in [4.78, 5) is 4.63. The van der Waals surface area contributed by atoms with Crippen molar-refractivity contribution in [1.82, 2.24) is 10.3 Å². The topological polar surface area (TPSA) is 37.0 Å². The Labute approximate surface area is 178 Å². The molecule has 2 rings (SSSR count). The molecule has 2 aromatic rings. The van der Waals surface area contributed by atoms with Crippen molar-refractivity contribution in [1.29, 1.82) is 0 Å². The number of allylic oxidation sites excluding steroid dienone is 2. The highest BCUT2D eigenvalue weighted by Crippen LogP contribution is 2.22. The maximum atomic E-state index is 4.63. The lowest BCUT2D eigenvalue weighted by Crippen LogP contribution is -2.04. The molecule has 0 aliphatic heterocycles. The number of hydrogen-bond donors (Lipinski definition) is 2. The predicted molar refractivity (Wildman–Crippen MR) is 130 cm³/mol. The fourth-order valence-electron chi connectivity index (χ4n) is 3.05. The van der Waals surface area contributed by atoms with E-state index >= 15 is 0 Å². The number of aromatic nitrogens is 1. The normalized spacial score (nSPS) is 10.4. The van der Waals surface area contributed by atoms with Crippen LogP contribution < -0.4 is 10.6 Å². The van der Waals surface area contributed by atoms with Crippen molar-refractivity contribution in [2.75, 3.05) is 18.9 Å². The molecule has 1 heterocycles. The number of pyridine rings is 1. The summed E-state index contributed by atoms with van der Waals surface area (Å²) < 4.78 is 0. The van der Waals surface area contributed by atoms with E-state index in [-0.39, 0.29) is 0 Å². The molecular formula is C26H39N3. The van der Waals surface area contributed by atoms with E-state index in [0.29, 0.717) is 0 Å². The molecule has 0 saturated heterocycles. The molecule has 0 saturated carbocycles. The number of nitrogens with one attached hydrogen (secondary N) is 2. The van der Waals surface area contributed by atoms with Gasteiger partial charge in [-0.15, -0.1) is 0 Å². The van der Waals surface area contributed by atoms with Crippen molar-refractivity contribution in [2.24, 2.45) is 0 Å². The minimum atomic E-state index is 0.991. The van der Waals surface area contributed by atoms with Gasteiger partial charge in [0.15, 0.2) is 0 Å². The standard InChI is InChI=1S/C24H33N3.C2H6/c1-5-10-21-12-13-22(17-19(21)2)24-15-14-23(18-27-24)26-16-9-7-6-8-11-20(3)25-4;1-2/h5,10,12-15,17-18,25-26H,3,6-9,11,16H2,1-2,4H3;1-2H3/b10-5-;. The second-order valence-corrected chi connectivity index (χ2v) is 6.95. The van der Waals surface area contributed by atoms with E-state index in [2.05, 4.69) is 71.6 Å². The summed E-state index contributed by atoms with van der Waals surface area (Å²) in [6, 6.07) is 10.7. The highest BCUT2D eigenvalue weighted by molar-refractivity contribution is 5.66. The quantitative estimate of drug-likeness (QED) is 0.396. The van der Waals surface area contributed by atoms with Crippen molar-refractivity contribution in [3.8, 4) is 11.3 Å². The van der Waals surface area contributed by atoms with Crippen LogP contribution in [-0.2, 0) is 0 Å². The Balaban J connectivity index is 0.00000204. The molecule has 0 spiro atoms. The summed E-state index contributed by atoms with van der Waals surface area (Å²) in [7, 11) is 1.94. The summed E-state index contributed by atoms with van der Waals surface area (Å²) in [5.41, 5.74) is 6.93. The lowest BCUT2D eigenvalue weighted by molar-refractivity contribution is 0.641. The third-order valence-electron chi connectivity index (χ3n) is 4.76. The lowest BCUT2D eigenvalue weighted by Gasteiger charge is -2.09. The molecule has 0 radical (unpaired) electrons. The summed E-state index contributed by atoms with van der Waals surface area (Å²) in [6.07, 6.45) is 12.1. The molecule has 2 N–H and O–H groups in total. The molecule has 0 aliphatic carbocycles.